The third-order valence-electron chi connectivity index (χ3n) is 2.73. The molecule has 0 aliphatic heterocycles. The monoisotopic (exact) mass is 157 g/mol. The third-order valence-corrected chi connectivity index (χ3v) is 2.73. The van der Waals surface area contributed by atoms with Crippen molar-refractivity contribution in [3.63, 3.8) is 0 Å². The van der Waals surface area contributed by atoms with Gasteiger partial charge in [0.2, 0.25) is 0 Å². The molecule has 1 rings (SSSR count). The van der Waals surface area contributed by atoms with Gasteiger partial charge >= 0.3 is 0 Å². The Labute approximate surface area is 68.8 Å². The van der Waals surface area contributed by atoms with Gasteiger partial charge in [0.15, 0.2) is 0 Å². The summed E-state index contributed by atoms with van der Waals surface area (Å²) in [5.74, 6) is 1.94. The highest BCUT2D eigenvalue weighted by atomic mass is 16.3. The van der Waals surface area contributed by atoms with Gasteiger partial charge in [-0.15, -0.1) is 0 Å². The molecule has 0 saturated heterocycles. The van der Waals surface area contributed by atoms with Crippen LogP contribution in [0.4, 0.5) is 0 Å². The highest BCUT2D eigenvalue weighted by Crippen LogP contribution is 2.31. The Bertz CT molecular complexity index is 104. The van der Waals surface area contributed by atoms with Gasteiger partial charge in [-0.05, 0) is 43.6 Å². The molecule has 0 heterocycles. The summed E-state index contributed by atoms with van der Waals surface area (Å²) in [5, 5.41) is 8.98. The van der Waals surface area contributed by atoms with Gasteiger partial charge in [-0.25, -0.2) is 0 Å². The Hall–Kier alpha value is -0.0800. The van der Waals surface area contributed by atoms with Gasteiger partial charge in [0, 0.05) is 6.61 Å². The van der Waals surface area contributed by atoms with Crippen molar-refractivity contribution >= 4 is 0 Å². The first kappa shape index (κ1) is 9.01. The van der Waals surface area contributed by atoms with E-state index >= 15 is 0 Å². The second-order valence-electron chi connectivity index (χ2n) is 3.96. The summed E-state index contributed by atoms with van der Waals surface area (Å²) in [7, 11) is 0. The first-order chi connectivity index (χ1) is 5.26. The number of hydrogen-bond acceptors (Lipinski definition) is 2. The van der Waals surface area contributed by atoms with Crippen molar-refractivity contribution < 1.29 is 5.11 Å². The Morgan fingerprint density at radius 2 is 1.91 bits per heavy atom. The number of rotatable bonds is 2. The van der Waals surface area contributed by atoms with E-state index in [2.05, 4.69) is 6.92 Å². The molecule has 1 aliphatic rings. The van der Waals surface area contributed by atoms with E-state index in [9.17, 15) is 0 Å². The SMILES string of the molecule is C[C@H]1C[C@@H](CO)C[C@@H](CN)C1. The molecule has 0 aromatic carbocycles. The molecule has 3 N–H and O–H groups in total. The molecule has 11 heavy (non-hydrogen) atoms. The zero-order chi connectivity index (χ0) is 8.27. The quantitative estimate of drug-likeness (QED) is 0.628. The molecule has 1 saturated carbocycles. The highest BCUT2D eigenvalue weighted by molar-refractivity contribution is 4.76. The molecule has 0 aromatic rings. The smallest absolute Gasteiger partial charge is 0.0459 e. The third kappa shape index (κ3) is 2.46. The maximum atomic E-state index is 8.98. The maximum Gasteiger partial charge on any atom is 0.0459 e. The van der Waals surface area contributed by atoms with Crippen LogP contribution in [0.3, 0.4) is 0 Å². The molecule has 0 bridgehead atoms. The first-order valence-electron chi connectivity index (χ1n) is 4.57. The number of nitrogens with two attached hydrogens (primary N) is 1. The summed E-state index contributed by atoms with van der Waals surface area (Å²) < 4.78 is 0. The molecule has 2 heteroatoms. The lowest BCUT2D eigenvalue weighted by atomic mass is 9.76. The summed E-state index contributed by atoms with van der Waals surface area (Å²) >= 11 is 0. The van der Waals surface area contributed by atoms with Crippen LogP contribution in [0.5, 0.6) is 0 Å². The van der Waals surface area contributed by atoms with E-state index in [0.29, 0.717) is 18.4 Å². The molecule has 0 unspecified atom stereocenters. The fourth-order valence-corrected chi connectivity index (χ4v) is 2.24. The molecular formula is C9H19NO. The summed E-state index contributed by atoms with van der Waals surface area (Å²) in [4.78, 5) is 0. The lowest BCUT2D eigenvalue weighted by Crippen LogP contribution is -2.28. The van der Waals surface area contributed by atoms with Crippen LogP contribution in [-0.2, 0) is 0 Å². The second kappa shape index (κ2) is 4.07. The van der Waals surface area contributed by atoms with Gasteiger partial charge in [0.05, 0.1) is 0 Å². The van der Waals surface area contributed by atoms with Gasteiger partial charge in [-0.1, -0.05) is 6.92 Å². The molecule has 2 nitrogen and oxygen atoms in total. The highest BCUT2D eigenvalue weighted by Gasteiger charge is 2.24. The van der Waals surface area contributed by atoms with Crippen molar-refractivity contribution in [2.24, 2.45) is 23.5 Å². The van der Waals surface area contributed by atoms with Gasteiger partial charge in [0.25, 0.3) is 0 Å². The number of aliphatic hydroxyl groups is 1. The number of aliphatic hydroxyl groups excluding tert-OH is 1. The van der Waals surface area contributed by atoms with Gasteiger partial charge in [0.1, 0.15) is 0 Å². The largest absolute Gasteiger partial charge is 0.396 e. The van der Waals surface area contributed by atoms with Crippen molar-refractivity contribution in [3.05, 3.63) is 0 Å². The lowest BCUT2D eigenvalue weighted by molar-refractivity contribution is 0.134. The van der Waals surface area contributed by atoms with Crippen LogP contribution in [0.2, 0.25) is 0 Å². The van der Waals surface area contributed by atoms with Crippen LogP contribution in [0.15, 0.2) is 0 Å². The minimum Gasteiger partial charge on any atom is -0.396 e. The fourth-order valence-electron chi connectivity index (χ4n) is 2.24. The van der Waals surface area contributed by atoms with E-state index in [1.807, 2.05) is 0 Å². The van der Waals surface area contributed by atoms with Crippen LogP contribution in [0.25, 0.3) is 0 Å². The molecule has 0 spiro atoms. The van der Waals surface area contributed by atoms with Crippen LogP contribution in [0, 0.1) is 17.8 Å². The molecule has 0 aromatic heterocycles. The zero-order valence-electron chi connectivity index (χ0n) is 7.29. The van der Waals surface area contributed by atoms with Crippen molar-refractivity contribution in [1.29, 1.82) is 0 Å². The maximum absolute atomic E-state index is 8.98. The molecular weight excluding hydrogens is 138 g/mol. The molecule has 0 radical (unpaired) electrons. The van der Waals surface area contributed by atoms with Crippen molar-refractivity contribution in [3.8, 4) is 0 Å². The van der Waals surface area contributed by atoms with E-state index in [1.54, 1.807) is 0 Å². The minimum atomic E-state index is 0.348. The zero-order valence-corrected chi connectivity index (χ0v) is 7.29. The van der Waals surface area contributed by atoms with E-state index in [0.717, 1.165) is 18.9 Å². The summed E-state index contributed by atoms with van der Waals surface area (Å²) in [5.41, 5.74) is 5.60. The molecule has 66 valence electrons. The molecule has 0 amide bonds. The van der Waals surface area contributed by atoms with E-state index in [1.165, 1.54) is 12.8 Å². The Balaban J connectivity index is 2.37. The predicted octanol–water partition coefficient (Wildman–Crippen LogP) is 0.990. The normalized spacial score (nSPS) is 39.0. The molecule has 3 atom stereocenters. The molecule has 1 fully saturated rings. The molecule has 1 aliphatic carbocycles. The van der Waals surface area contributed by atoms with Crippen LogP contribution in [0.1, 0.15) is 26.2 Å². The summed E-state index contributed by atoms with van der Waals surface area (Å²) in [6, 6.07) is 0. The topological polar surface area (TPSA) is 46.2 Å². The number of hydrogen-bond donors (Lipinski definition) is 2. The predicted molar refractivity (Wildman–Crippen MR) is 46.1 cm³/mol. The van der Waals surface area contributed by atoms with Crippen molar-refractivity contribution in [2.75, 3.05) is 13.2 Å². The average molecular weight is 157 g/mol. The average Bonchev–Trinajstić information content (AvgIpc) is 2.03. The van der Waals surface area contributed by atoms with Crippen molar-refractivity contribution in [2.45, 2.75) is 26.2 Å². The Kier molecular flexibility index (Phi) is 3.34. The van der Waals surface area contributed by atoms with E-state index < -0.39 is 0 Å². The second-order valence-corrected chi connectivity index (χ2v) is 3.96. The Morgan fingerprint density at radius 3 is 2.45 bits per heavy atom. The lowest BCUT2D eigenvalue weighted by Gasteiger charge is -2.31. The van der Waals surface area contributed by atoms with Crippen LogP contribution >= 0.6 is 0 Å². The van der Waals surface area contributed by atoms with Gasteiger partial charge in [-0.3, -0.25) is 0 Å². The minimum absolute atomic E-state index is 0.348. The fraction of sp³-hybridized carbons (Fsp3) is 1.00. The van der Waals surface area contributed by atoms with E-state index in [4.69, 9.17) is 10.8 Å². The van der Waals surface area contributed by atoms with Gasteiger partial charge < -0.3 is 10.8 Å². The first-order valence-corrected chi connectivity index (χ1v) is 4.57. The van der Waals surface area contributed by atoms with Crippen molar-refractivity contribution in [1.82, 2.24) is 0 Å². The van der Waals surface area contributed by atoms with Gasteiger partial charge in [-0.2, -0.15) is 0 Å². The Morgan fingerprint density at radius 1 is 1.27 bits per heavy atom. The summed E-state index contributed by atoms with van der Waals surface area (Å²) in [6.07, 6.45) is 3.58. The van der Waals surface area contributed by atoms with E-state index in [-0.39, 0.29) is 0 Å². The van der Waals surface area contributed by atoms with Crippen LogP contribution in [-0.4, -0.2) is 18.3 Å². The van der Waals surface area contributed by atoms with Crippen LogP contribution < -0.4 is 5.73 Å². The summed E-state index contributed by atoms with van der Waals surface area (Å²) in [6.45, 7) is 3.40. The standard InChI is InChI=1S/C9H19NO/c1-7-2-8(5-10)4-9(3-7)6-11/h7-9,11H,2-6,10H2,1H3/t7-,8+,9-/m1/s1.